The van der Waals surface area contributed by atoms with Crippen molar-refractivity contribution in [1.82, 2.24) is 9.97 Å². The van der Waals surface area contributed by atoms with E-state index in [1.807, 2.05) is 38.1 Å². The van der Waals surface area contributed by atoms with Crippen molar-refractivity contribution in [2.24, 2.45) is 5.84 Å². The minimum Gasteiger partial charge on any atom is -0.308 e. The second-order valence-corrected chi connectivity index (χ2v) is 5.73. The number of halogens is 1. The first-order chi connectivity index (χ1) is 8.60. The number of aromatic nitrogens is 2. The van der Waals surface area contributed by atoms with Gasteiger partial charge in [-0.25, -0.2) is 15.8 Å². The Bertz CT molecular complexity index is 557. The van der Waals surface area contributed by atoms with Crippen LogP contribution >= 0.6 is 27.7 Å². The number of nitrogens with zero attached hydrogens (tertiary/aromatic N) is 2. The fraction of sp³-hybridized carbons (Fsp3) is 0.167. The summed E-state index contributed by atoms with van der Waals surface area (Å²) in [6.45, 7) is 3.81. The highest BCUT2D eigenvalue weighted by Gasteiger charge is 2.09. The predicted octanol–water partition coefficient (Wildman–Crippen LogP) is 3.29. The van der Waals surface area contributed by atoms with Crippen molar-refractivity contribution in [3.05, 3.63) is 40.1 Å². The molecule has 0 radical (unpaired) electrons. The molecule has 0 aliphatic rings. The van der Waals surface area contributed by atoms with E-state index in [2.05, 4.69) is 31.3 Å². The standard InChI is InChI=1S/C12H13BrN4S/c1-7-11(17-14)15-8(2)16-12(7)18-10-5-3-9(13)4-6-10/h3-6H,14H2,1-2H3,(H,15,16,17). The van der Waals surface area contributed by atoms with Crippen molar-refractivity contribution in [3.63, 3.8) is 0 Å². The quantitative estimate of drug-likeness (QED) is 0.515. The van der Waals surface area contributed by atoms with Gasteiger partial charge in [0.15, 0.2) is 0 Å². The molecule has 0 saturated carbocycles. The zero-order valence-corrected chi connectivity index (χ0v) is 12.5. The fourth-order valence-corrected chi connectivity index (χ4v) is 2.64. The van der Waals surface area contributed by atoms with Crippen LogP contribution in [0.3, 0.4) is 0 Å². The van der Waals surface area contributed by atoms with Crippen LogP contribution in [0.4, 0.5) is 5.82 Å². The summed E-state index contributed by atoms with van der Waals surface area (Å²) in [5, 5.41) is 0.915. The van der Waals surface area contributed by atoms with Gasteiger partial charge in [0.25, 0.3) is 0 Å². The normalized spacial score (nSPS) is 10.4. The number of hydrogen-bond donors (Lipinski definition) is 2. The van der Waals surface area contributed by atoms with Crippen LogP contribution in [-0.2, 0) is 0 Å². The maximum atomic E-state index is 5.45. The predicted molar refractivity (Wildman–Crippen MR) is 77.6 cm³/mol. The maximum absolute atomic E-state index is 5.45. The molecule has 0 atom stereocenters. The molecule has 0 saturated heterocycles. The van der Waals surface area contributed by atoms with E-state index >= 15 is 0 Å². The molecule has 0 spiro atoms. The molecule has 94 valence electrons. The monoisotopic (exact) mass is 324 g/mol. The van der Waals surface area contributed by atoms with E-state index in [1.165, 1.54) is 0 Å². The number of nitrogen functional groups attached to an aromatic ring is 1. The molecule has 0 amide bonds. The van der Waals surface area contributed by atoms with Crippen LogP contribution in [0.1, 0.15) is 11.4 Å². The number of rotatable bonds is 3. The van der Waals surface area contributed by atoms with Crippen molar-refractivity contribution in [1.29, 1.82) is 0 Å². The zero-order valence-electron chi connectivity index (χ0n) is 10.1. The lowest BCUT2D eigenvalue weighted by Gasteiger charge is -2.10. The average molecular weight is 325 g/mol. The van der Waals surface area contributed by atoms with Crippen molar-refractivity contribution in [3.8, 4) is 0 Å². The van der Waals surface area contributed by atoms with Crippen molar-refractivity contribution in [2.45, 2.75) is 23.8 Å². The summed E-state index contributed by atoms with van der Waals surface area (Å²) >= 11 is 5.02. The first-order valence-corrected chi connectivity index (χ1v) is 6.96. The van der Waals surface area contributed by atoms with E-state index in [4.69, 9.17) is 5.84 Å². The molecular formula is C12H13BrN4S. The van der Waals surface area contributed by atoms with Gasteiger partial charge in [0.2, 0.25) is 0 Å². The molecule has 0 unspecified atom stereocenters. The maximum Gasteiger partial charge on any atom is 0.147 e. The smallest absolute Gasteiger partial charge is 0.147 e. The minimum atomic E-state index is 0.669. The molecule has 6 heteroatoms. The molecule has 0 aliphatic carbocycles. The zero-order chi connectivity index (χ0) is 13.1. The first-order valence-electron chi connectivity index (χ1n) is 5.35. The summed E-state index contributed by atoms with van der Waals surface area (Å²) < 4.78 is 1.06. The third-order valence-corrected chi connectivity index (χ3v) is 4.01. The van der Waals surface area contributed by atoms with E-state index < -0.39 is 0 Å². The van der Waals surface area contributed by atoms with Crippen molar-refractivity contribution < 1.29 is 0 Å². The third kappa shape index (κ3) is 3.01. The Morgan fingerprint density at radius 1 is 1.17 bits per heavy atom. The number of hydrogen-bond acceptors (Lipinski definition) is 5. The molecule has 3 N–H and O–H groups in total. The molecule has 0 bridgehead atoms. The molecular weight excluding hydrogens is 312 g/mol. The van der Waals surface area contributed by atoms with E-state index in [-0.39, 0.29) is 0 Å². The molecule has 2 aromatic rings. The van der Waals surface area contributed by atoms with Gasteiger partial charge in [-0.2, -0.15) is 0 Å². The average Bonchev–Trinajstić information content (AvgIpc) is 2.36. The summed E-state index contributed by atoms with van der Waals surface area (Å²) in [5.74, 6) is 6.82. The van der Waals surface area contributed by atoms with Crippen LogP contribution in [0.5, 0.6) is 0 Å². The van der Waals surface area contributed by atoms with Crippen LogP contribution in [0.15, 0.2) is 38.7 Å². The third-order valence-electron chi connectivity index (χ3n) is 2.38. The molecule has 18 heavy (non-hydrogen) atoms. The lowest BCUT2D eigenvalue weighted by atomic mass is 10.3. The van der Waals surface area contributed by atoms with Gasteiger partial charge < -0.3 is 5.43 Å². The van der Waals surface area contributed by atoms with E-state index in [9.17, 15) is 0 Å². The van der Waals surface area contributed by atoms with Gasteiger partial charge in [-0.3, -0.25) is 0 Å². The van der Waals surface area contributed by atoms with E-state index in [0.717, 1.165) is 20.0 Å². The van der Waals surface area contributed by atoms with Gasteiger partial charge in [0.1, 0.15) is 16.7 Å². The molecule has 1 heterocycles. The van der Waals surface area contributed by atoms with E-state index in [1.54, 1.807) is 11.8 Å². The molecule has 0 fully saturated rings. The van der Waals surface area contributed by atoms with Crippen LogP contribution < -0.4 is 11.3 Å². The Labute approximate surface area is 119 Å². The van der Waals surface area contributed by atoms with Crippen molar-refractivity contribution in [2.75, 3.05) is 5.43 Å². The lowest BCUT2D eigenvalue weighted by Crippen LogP contribution is -2.12. The van der Waals surface area contributed by atoms with Crippen LogP contribution in [0, 0.1) is 13.8 Å². The topological polar surface area (TPSA) is 63.8 Å². The number of nitrogens with two attached hydrogens (primary N) is 1. The Balaban J connectivity index is 2.34. The highest BCUT2D eigenvalue weighted by atomic mass is 79.9. The second-order valence-electron chi connectivity index (χ2n) is 3.75. The second kappa shape index (κ2) is 5.69. The molecule has 1 aromatic carbocycles. The van der Waals surface area contributed by atoms with E-state index in [0.29, 0.717) is 11.6 Å². The number of nitrogens with one attached hydrogen (secondary N) is 1. The summed E-state index contributed by atoms with van der Waals surface area (Å²) in [6, 6.07) is 8.10. The van der Waals surface area contributed by atoms with Gasteiger partial charge in [0, 0.05) is 14.9 Å². The number of hydrazine groups is 1. The Kier molecular flexibility index (Phi) is 4.21. The molecule has 1 aromatic heterocycles. The minimum absolute atomic E-state index is 0.669. The number of anilines is 1. The highest BCUT2D eigenvalue weighted by molar-refractivity contribution is 9.10. The van der Waals surface area contributed by atoms with Gasteiger partial charge >= 0.3 is 0 Å². The Hall–Kier alpha value is -1.11. The van der Waals surface area contributed by atoms with Crippen LogP contribution in [-0.4, -0.2) is 9.97 Å². The fourth-order valence-electron chi connectivity index (χ4n) is 1.46. The van der Waals surface area contributed by atoms with Crippen LogP contribution in [0.25, 0.3) is 0 Å². The highest BCUT2D eigenvalue weighted by Crippen LogP contribution is 2.31. The summed E-state index contributed by atoms with van der Waals surface area (Å²) in [4.78, 5) is 9.81. The van der Waals surface area contributed by atoms with Gasteiger partial charge in [-0.1, -0.05) is 27.7 Å². The lowest BCUT2D eigenvalue weighted by molar-refractivity contribution is 0.935. The van der Waals surface area contributed by atoms with Crippen LogP contribution in [0.2, 0.25) is 0 Å². The van der Waals surface area contributed by atoms with Gasteiger partial charge in [0.05, 0.1) is 0 Å². The van der Waals surface area contributed by atoms with Gasteiger partial charge in [-0.15, -0.1) is 0 Å². The largest absolute Gasteiger partial charge is 0.308 e. The Morgan fingerprint density at radius 2 is 1.83 bits per heavy atom. The van der Waals surface area contributed by atoms with Gasteiger partial charge in [-0.05, 0) is 38.1 Å². The Morgan fingerprint density at radius 3 is 2.44 bits per heavy atom. The first kappa shape index (κ1) is 13.3. The number of benzene rings is 1. The summed E-state index contributed by atoms with van der Waals surface area (Å²) in [7, 11) is 0. The molecule has 0 aliphatic heterocycles. The molecule has 2 rings (SSSR count). The van der Waals surface area contributed by atoms with Crippen molar-refractivity contribution >= 4 is 33.5 Å². The summed E-state index contributed by atoms with van der Waals surface area (Å²) in [5.41, 5.74) is 3.55. The number of aryl methyl sites for hydroxylation is 1. The molecule has 4 nitrogen and oxygen atoms in total. The summed E-state index contributed by atoms with van der Waals surface area (Å²) in [6.07, 6.45) is 0. The SMILES string of the molecule is Cc1nc(NN)c(C)c(Sc2ccc(Br)cc2)n1.